The first kappa shape index (κ1) is 13.7. The Morgan fingerprint density at radius 2 is 1.84 bits per heavy atom. The molecule has 2 aromatic rings. The molecule has 0 aliphatic heterocycles. The minimum atomic E-state index is -0.739. The highest BCUT2D eigenvalue weighted by Crippen LogP contribution is 2.25. The van der Waals surface area contributed by atoms with Crippen LogP contribution in [0, 0.1) is 12.7 Å². The smallest absolute Gasteiger partial charge is 0.123 e. The molecule has 0 bridgehead atoms. The molecule has 0 saturated carbocycles. The zero-order valence-corrected chi connectivity index (χ0v) is 11.1. The lowest BCUT2D eigenvalue weighted by atomic mass is 9.97. The highest BCUT2D eigenvalue weighted by atomic mass is 19.1. The van der Waals surface area contributed by atoms with Crippen molar-refractivity contribution >= 4 is 0 Å². The van der Waals surface area contributed by atoms with Crippen LogP contribution in [0.5, 0.6) is 0 Å². The zero-order valence-electron chi connectivity index (χ0n) is 11.1. The van der Waals surface area contributed by atoms with Crippen molar-refractivity contribution in [1.82, 2.24) is 0 Å². The Hall–Kier alpha value is -1.71. The quantitative estimate of drug-likeness (QED) is 0.913. The Morgan fingerprint density at radius 3 is 2.42 bits per heavy atom. The fraction of sp³-hybridized carbons (Fsp3) is 0.250. The molecule has 0 aliphatic rings. The summed E-state index contributed by atoms with van der Waals surface area (Å²) >= 11 is 0. The number of rotatable bonds is 4. The lowest BCUT2D eigenvalue weighted by molar-refractivity contribution is 0.184. The Morgan fingerprint density at radius 1 is 1.16 bits per heavy atom. The summed E-state index contributed by atoms with van der Waals surface area (Å²) in [6.07, 6.45) is -0.739. The third kappa shape index (κ3) is 3.19. The van der Waals surface area contributed by atoms with Crippen LogP contribution in [0.4, 0.5) is 4.39 Å². The number of ether oxygens (including phenoxy) is 1. The van der Waals surface area contributed by atoms with Gasteiger partial charge in [-0.25, -0.2) is 4.39 Å². The van der Waals surface area contributed by atoms with E-state index in [-0.39, 0.29) is 5.82 Å². The molecule has 0 aliphatic carbocycles. The van der Waals surface area contributed by atoms with E-state index in [4.69, 9.17) is 4.74 Å². The van der Waals surface area contributed by atoms with E-state index in [1.807, 2.05) is 24.3 Å². The van der Waals surface area contributed by atoms with Gasteiger partial charge in [0.15, 0.2) is 0 Å². The summed E-state index contributed by atoms with van der Waals surface area (Å²) in [7, 11) is 1.64. The van der Waals surface area contributed by atoms with Crippen LogP contribution in [0.15, 0.2) is 42.5 Å². The van der Waals surface area contributed by atoms with Gasteiger partial charge in [-0.15, -0.1) is 0 Å². The van der Waals surface area contributed by atoms with Crippen molar-refractivity contribution in [3.05, 3.63) is 70.5 Å². The Kier molecular flexibility index (Phi) is 4.30. The van der Waals surface area contributed by atoms with Crippen LogP contribution >= 0.6 is 0 Å². The van der Waals surface area contributed by atoms with Crippen LogP contribution in [0.2, 0.25) is 0 Å². The summed E-state index contributed by atoms with van der Waals surface area (Å²) in [5, 5.41) is 10.3. The van der Waals surface area contributed by atoms with Gasteiger partial charge in [-0.3, -0.25) is 0 Å². The molecule has 0 amide bonds. The highest BCUT2D eigenvalue weighted by molar-refractivity contribution is 5.36. The normalized spacial score (nSPS) is 12.4. The van der Waals surface area contributed by atoms with Gasteiger partial charge >= 0.3 is 0 Å². The number of halogens is 1. The van der Waals surface area contributed by atoms with E-state index in [1.54, 1.807) is 20.1 Å². The lowest BCUT2D eigenvalue weighted by Gasteiger charge is -2.14. The maximum atomic E-state index is 13.1. The minimum absolute atomic E-state index is 0.288. The molecule has 0 fully saturated rings. The molecule has 1 N–H and O–H groups in total. The summed E-state index contributed by atoms with van der Waals surface area (Å²) in [5.74, 6) is -0.288. The number of aliphatic hydroxyl groups excluding tert-OH is 1. The minimum Gasteiger partial charge on any atom is -0.384 e. The second kappa shape index (κ2) is 5.95. The molecule has 0 radical (unpaired) electrons. The van der Waals surface area contributed by atoms with E-state index in [1.165, 1.54) is 12.1 Å². The number of aliphatic hydroxyl groups is 1. The molecular formula is C16H17FO2. The maximum Gasteiger partial charge on any atom is 0.123 e. The van der Waals surface area contributed by atoms with Gasteiger partial charge in [0.2, 0.25) is 0 Å². The third-order valence-corrected chi connectivity index (χ3v) is 3.13. The maximum absolute atomic E-state index is 13.1. The van der Waals surface area contributed by atoms with Gasteiger partial charge in [-0.1, -0.05) is 30.3 Å². The Balaban J connectivity index is 2.25. The molecule has 2 nitrogen and oxygen atoms in total. The van der Waals surface area contributed by atoms with Crippen LogP contribution in [0.25, 0.3) is 0 Å². The predicted octanol–water partition coefficient (Wildman–Crippen LogP) is 3.36. The molecule has 0 aromatic heterocycles. The Labute approximate surface area is 112 Å². The van der Waals surface area contributed by atoms with Gasteiger partial charge in [0.05, 0.1) is 6.61 Å². The van der Waals surface area contributed by atoms with Gasteiger partial charge in [-0.05, 0) is 41.3 Å². The van der Waals surface area contributed by atoms with Crippen LogP contribution in [0.1, 0.15) is 28.4 Å². The van der Waals surface area contributed by atoms with Crippen LogP contribution in [0.3, 0.4) is 0 Å². The fourth-order valence-electron chi connectivity index (χ4n) is 2.09. The van der Waals surface area contributed by atoms with Gasteiger partial charge in [-0.2, -0.15) is 0 Å². The van der Waals surface area contributed by atoms with Gasteiger partial charge in [0, 0.05) is 7.11 Å². The number of hydrogen-bond acceptors (Lipinski definition) is 2. The molecule has 19 heavy (non-hydrogen) atoms. The summed E-state index contributed by atoms with van der Waals surface area (Å²) in [4.78, 5) is 0. The third-order valence-electron chi connectivity index (χ3n) is 3.13. The second-order valence-electron chi connectivity index (χ2n) is 4.58. The topological polar surface area (TPSA) is 29.5 Å². The van der Waals surface area contributed by atoms with E-state index >= 15 is 0 Å². The van der Waals surface area contributed by atoms with Crippen LogP contribution in [-0.2, 0) is 11.3 Å². The first-order chi connectivity index (χ1) is 9.11. The lowest BCUT2D eigenvalue weighted by Crippen LogP contribution is -2.02. The van der Waals surface area contributed by atoms with Gasteiger partial charge in [0.25, 0.3) is 0 Å². The second-order valence-corrected chi connectivity index (χ2v) is 4.58. The SMILES string of the molecule is COCc1ccc(C(O)c2ccc(F)cc2C)cc1. The van der Waals surface area contributed by atoms with Crippen molar-refractivity contribution in [2.45, 2.75) is 19.6 Å². The zero-order chi connectivity index (χ0) is 13.8. The summed E-state index contributed by atoms with van der Waals surface area (Å²) in [5.41, 5.74) is 3.30. The largest absolute Gasteiger partial charge is 0.384 e. The molecule has 2 rings (SSSR count). The van der Waals surface area contributed by atoms with Crippen molar-refractivity contribution < 1.29 is 14.2 Å². The number of aryl methyl sites for hydroxylation is 1. The number of hydrogen-bond donors (Lipinski definition) is 1. The number of benzene rings is 2. The molecular weight excluding hydrogens is 243 g/mol. The van der Waals surface area contributed by atoms with E-state index in [0.29, 0.717) is 6.61 Å². The van der Waals surface area contributed by atoms with Crippen molar-refractivity contribution in [3.8, 4) is 0 Å². The monoisotopic (exact) mass is 260 g/mol. The van der Waals surface area contributed by atoms with E-state index < -0.39 is 6.10 Å². The molecule has 100 valence electrons. The number of methoxy groups -OCH3 is 1. The van der Waals surface area contributed by atoms with Crippen molar-refractivity contribution in [2.24, 2.45) is 0 Å². The molecule has 3 heteroatoms. The van der Waals surface area contributed by atoms with E-state index in [2.05, 4.69) is 0 Å². The summed E-state index contributed by atoms with van der Waals surface area (Å²) in [6, 6.07) is 12.0. The molecule has 0 heterocycles. The summed E-state index contributed by atoms with van der Waals surface area (Å²) < 4.78 is 18.1. The molecule has 0 spiro atoms. The van der Waals surface area contributed by atoms with Crippen molar-refractivity contribution in [3.63, 3.8) is 0 Å². The standard InChI is InChI=1S/C16H17FO2/c1-11-9-14(17)7-8-15(11)16(18)13-5-3-12(4-6-13)10-19-2/h3-9,16,18H,10H2,1-2H3. The van der Waals surface area contributed by atoms with Crippen molar-refractivity contribution in [1.29, 1.82) is 0 Å². The molecule has 1 unspecified atom stereocenters. The predicted molar refractivity (Wildman–Crippen MR) is 72.4 cm³/mol. The molecule has 1 atom stereocenters. The highest BCUT2D eigenvalue weighted by Gasteiger charge is 2.13. The first-order valence-corrected chi connectivity index (χ1v) is 6.13. The van der Waals surface area contributed by atoms with Gasteiger partial charge < -0.3 is 9.84 Å². The van der Waals surface area contributed by atoms with Gasteiger partial charge in [0.1, 0.15) is 11.9 Å². The molecule has 2 aromatic carbocycles. The summed E-state index contributed by atoms with van der Waals surface area (Å²) in [6.45, 7) is 2.34. The van der Waals surface area contributed by atoms with Crippen LogP contribution in [-0.4, -0.2) is 12.2 Å². The average Bonchev–Trinajstić information content (AvgIpc) is 2.39. The fourth-order valence-corrected chi connectivity index (χ4v) is 2.09. The molecule has 0 saturated heterocycles. The van der Waals surface area contributed by atoms with Crippen molar-refractivity contribution in [2.75, 3.05) is 7.11 Å². The average molecular weight is 260 g/mol. The Bertz CT molecular complexity index is 549. The van der Waals surface area contributed by atoms with Crippen LogP contribution < -0.4 is 0 Å². The van der Waals surface area contributed by atoms with E-state index in [0.717, 1.165) is 22.3 Å². The van der Waals surface area contributed by atoms with E-state index in [9.17, 15) is 9.50 Å². The first-order valence-electron chi connectivity index (χ1n) is 6.13.